The van der Waals surface area contributed by atoms with E-state index in [-0.39, 0.29) is 18.6 Å². The molecule has 0 aliphatic carbocycles. The lowest BCUT2D eigenvalue weighted by Gasteiger charge is -2.25. The normalized spacial score (nSPS) is 17.2. The summed E-state index contributed by atoms with van der Waals surface area (Å²) < 4.78 is 9.96. The molecule has 120 valence electrons. The molecule has 1 atom stereocenters. The van der Waals surface area contributed by atoms with Crippen LogP contribution in [0.1, 0.15) is 31.4 Å². The van der Waals surface area contributed by atoms with Crippen molar-refractivity contribution in [3.8, 4) is 5.75 Å². The molecule has 0 bridgehead atoms. The van der Waals surface area contributed by atoms with E-state index in [0.717, 1.165) is 24.2 Å². The van der Waals surface area contributed by atoms with Crippen LogP contribution in [0.2, 0.25) is 0 Å². The number of carbonyl (C=O) groups is 2. The second-order valence-electron chi connectivity index (χ2n) is 5.09. The topological polar surface area (TPSA) is 67.9 Å². The quantitative estimate of drug-likeness (QED) is 0.846. The Morgan fingerprint density at radius 1 is 1.32 bits per heavy atom. The maximum atomic E-state index is 12.2. The predicted octanol–water partition coefficient (Wildman–Crippen LogP) is 2.10. The van der Waals surface area contributed by atoms with Gasteiger partial charge in [-0.2, -0.15) is 0 Å². The minimum atomic E-state index is -0.420. The number of hydrogen-bond acceptors (Lipinski definition) is 4. The van der Waals surface area contributed by atoms with Crippen LogP contribution in [-0.4, -0.2) is 43.7 Å². The molecule has 1 saturated heterocycles. The molecule has 6 heteroatoms. The highest BCUT2D eigenvalue weighted by atomic mass is 16.5. The Morgan fingerprint density at radius 2 is 2.05 bits per heavy atom. The van der Waals surface area contributed by atoms with Crippen LogP contribution in [0.4, 0.5) is 4.79 Å². The van der Waals surface area contributed by atoms with Crippen molar-refractivity contribution in [2.75, 3.05) is 26.8 Å². The Labute approximate surface area is 130 Å². The van der Waals surface area contributed by atoms with E-state index in [0.29, 0.717) is 13.2 Å². The van der Waals surface area contributed by atoms with Gasteiger partial charge in [-0.25, -0.2) is 4.79 Å². The summed E-state index contributed by atoms with van der Waals surface area (Å²) in [4.78, 5) is 25.3. The third-order valence-electron chi connectivity index (χ3n) is 3.70. The number of nitrogens with zero attached hydrogens (tertiary/aromatic N) is 1. The summed E-state index contributed by atoms with van der Waals surface area (Å²) in [7, 11) is 1.62. The maximum Gasteiger partial charge on any atom is 0.325 e. The van der Waals surface area contributed by atoms with Crippen LogP contribution in [0.25, 0.3) is 0 Å². The fraction of sp³-hybridized carbons (Fsp3) is 0.500. The number of methoxy groups -OCH3 is 1. The first-order valence-corrected chi connectivity index (χ1v) is 7.49. The van der Waals surface area contributed by atoms with Crippen molar-refractivity contribution in [2.45, 2.75) is 25.8 Å². The van der Waals surface area contributed by atoms with E-state index in [2.05, 4.69) is 5.32 Å². The number of rotatable bonds is 5. The molecular weight excluding hydrogens is 284 g/mol. The van der Waals surface area contributed by atoms with Gasteiger partial charge in [0, 0.05) is 6.54 Å². The molecule has 1 heterocycles. The Balaban J connectivity index is 1.97. The number of hydrogen-bond donors (Lipinski definition) is 1. The van der Waals surface area contributed by atoms with E-state index in [1.807, 2.05) is 24.3 Å². The van der Waals surface area contributed by atoms with Gasteiger partial charge in [0.15, 0.2) is 0 Å². The van der Waals surface area contributed by atoms with Crippen molar-refractivity contribution < 1.29 is 19.1 Å². The van der Waals surface area contributed by atoms with Crippen molar-refractivity contribution in [2.24, 2.45) is 0 Å². The van der Waals surface area contributed by atoms with Gasteiger partial charge in [0.2, 0.25) is 0 Å². The Kier molecular flexibility index (Phi) is 5.63. The molecule has 0 saturated carbocycles. The molecule has 1 aromatic carbocycles. The first-order valence-electron chi connectivity index (χ1n) is 7.49. The van der Waals surface area contributed by atoms with Crippen LogP contribution in [0.15, 0.2) is 24.3 Å². The molecule has 1 aliphatic heterocycles. The molecule has 0 radical (unpaired) electrons. The number of nitrogens with one attached hydrogen (secondary N) is 1. The predicted molar refractivity (Wildman–Crippen MR) is 81.7 cm³/mol. The molecule has 1 aromatic rings. The van der Waals surface area contributed by atoms with Gasteiger partial charge in [-0.3, -0.25) is 4.79 Å². The molecule has 2 rings (SSSR count). The molecule has 2 amide bonds. The van der Waals surface area contributed by atoms with Gasteiger partial charge in [-0.05, 0) is 37.5 Å². The van der Waals surface area contributed by atoms with Crippen molar-refractivity contribution in [1.82, 2.24) is 10.2 Å². The standard InChI is InChI=1S/C16H22N2O4/c1-3-22-15(19)11-17-16(20)18-10-4-5-14(18)12-6-8-13(21-2)9-7-12/h6-9,14H,3-5,10-11H2,1-2H3,(H,17,20). The molecule has 0 spiro atoms. The van der Waals surface area contributed by atoms with Gasteiger partial charge in [0.25, 0.3) is 0 Å². The monoisotopic (exact) mass is 306 g/mol. The minimum absolute atomic E-state index is 0.0353. The number of urea groups is 1. The number of likely N-dealkylation sites (tertiary alicyclic amines) is 1. The summed E-state index contributed by atoms with van der Waals surface area (Å²) in [6.07, 6.45) is 1.86. The number of benzene rings is 1. The van der Waals surface area contributed by atoms with Gasteiger partial charge < -0.3 is 19.7 Å². The van der Waals surface area contributed by atoms with Crippen molar-refractivity contribution in [3.05, 3.63) is 29.8 Å². The highest BCUT2D eigenvalue weighted by Gasteiger charge is 2.30. The minimum Gasteiger partial charge on any atom is -0.497 e. The lowest BCUT2D eigenvalue weighted by molar-refractivity contribution is -0.141. The lowest BCUT2D eigenvalue weighted by Crippen LogP contribution is -2.41. The Hall–Kier alpha value is -2.24. The zero-order valence-corrected chi connectivity index (χ0v) is 13.0. The van der Waals surface area contributed by atoms with E-state index in [1.54, 1.807) is 18.9 Å². The zero-order chi connectivity index (χ0) is 15.9. The van der Waals surface area contributed by atoms with Gasteiger partial charge in [-0.1, -0.05) is 12.1 Å². The van der Waals surface area contributed by atoms with Crippen LogP contribution in [-0.2, 0) is 9.53 Å². The summed E-state index contributed by atoms with van der Waals surface area (Å²) in [6, 6.07) is 7.53. The van der Waals surface area contributed by atoms with Gasteiger partial charge in [-0.15, -0.1) is 0 Å². The molecular formula is C16H22N2O4. The van der Waals surface area contributed by atoms with E-state index in [4.69, 9.17) is 9.47 Å². The Morgan fingerprint density at radius 3 is 2.68 bits per heavy atom. The third-order valence-corrected chi connectivity index (χ3v) is 3.70. The van der Waals surface area contributed by atoms with Crippen molar-refractivity contribution in [1.29, 1.82) is 0 Å². The third kappa shape index (κ3) is 3.90. The Bertz CT molecular complexity index is 515. The second-order valence-corrected chi connectivity index (χ2v) is 5.09. The largest absolute Gasteiger partial charge is 0.497 e. The highest BCUT2D eigenvalue weighted by Crippen LogP contribution is 2.32. The maximum absolute atomic E-state index is 12.2. The van der Waals surface area contributed by atoms with Crippen LogP contribution in [0.5, 0.6) is 5.75 Å². The summed E-state index contributed by atoms with van der Waals surface area (Å²) >= 11 is 0. The molecule has 22 heavy (non-hydrogen) atoms. The van der Waals surface area contributed by atoms with Crippen LogP contribution in [0.3, 0.4) is 0 Å². The van der Waals surface area contributed by atoms with E-state index in [9.17, 15) is 9.59 Å². The van der Waals surface area contributed by atoms with Gasteiger partial charge in [0.05, 0.1) is 19.8 Å². The smallest absolute Gasteiger partial charge is 0.325 e. The van der Waals surface area contributed by atoms with E-state index in [1.165, 1.54) is 0 Å². The summed E-state index contributed by atoms with van der Waals surface area (Å²) in [5, 5.41) is 2.62. The average Bonchev–Trinajstić information content (AvgIpc) is 3.02. The van der Waals surface area contributed by atoms with Crippen LogP contribution >= 0.6 is 0 Å². The molecule has 1 aliphatic rings. The molecule has 1 N–H and O–H groups in total. The number of carbonyl (C=O) groups excluding carboxylic acids is 2. The fourth-order valence-corrected chi connectivity index (χ4v) is 2.64. The molecule has 1 unspecified atom stereocenters. The van der Waals surface area contributed by atoms with Gasteiger partial charge in [0.1, 0.15) is 12.3 Å². The molecule has 0 aromatic heterocycles. The molecule has 6 nitrogen and oxygen atoms in total. The van der Waals surface area contributed by atoms with Crippen LogP contribution < -0.4 is 10.1 Å². The number of esters is 1. The van der Waals surface area contributed by atoms with E-state index < -0.39 is 5.97 Å². The fourth-order valence-electron chi connectivity index (χ4n) is 2.64. The van der Waals surface area contributed by atoms with Gasteiger partial charge >= 0.3 is 12.0 Å². The van der Waals surface area contributed by atoms with E-state index >= 15 is 0 Å². The molecule has 1 fully saturated rings. The summed E-state index contributed by atoms with van der Waals surface area (Å²) in [5.74, 6) is 0.371. The lowest BCUT2D eigenvalue weighted by atomic mass is 10.0. The van der Waals surface area contributed by atoms with Crippen molar-refractivity contribution >= 4 is 12.0 Å². The first kappa shape index (κ1) is 16.1. The number of amides is 2. The highest BCUT2D eigenvalue weighted by molar-refractivity contribution is 5.81. The van der Waals surface area contributed by atoms with Crippen LogP contribution in [0, 0.1) is 0 Å². The second kappa shape index (κ2) is 7.68. The average molecular weight is 306 g/mol. The number of ether oxygens (including phenoxy) is 2. The zero-order valence-electron chi connectivity index (χ0n) is 13.0. The SMILES string of the molecule is CCOC(=O)CNC(=O)N1CCCC1c1ccc(OC)cc1. The summed E-state index contributed by atoms with van der Waals surface area (Å²) in [5.41, 5.74) is 1.07. The van der Waals surface area contributed by atoms with Crippen molar-refractivity contribution in [3.63, 3.8) is 0 Å². The summed E-state index contributed by atoms with van der Waals surface area (Å²) in [6.45, 7) is 2.64. The first-order chi connectivity index (χ1) is 10.7.